The zero-order valence-corrected chi connectivity index (χ0v) is 10.3. The van der Waals surface area contributed by atoms with Gasteiger partial charge in [-0.15, -0.1) is 0 Å². The summed E-state index contributed by atoms with van der Waals surface area (Å²) in [7, 11) is 0. The molecule has 0 saturated carbocycles. The van der Waals surface area contributed by atoms with Gasteiger partial charge in [-0.25, -0.2) is 9.97 Å². The van der Waals surface area contributed by atoms with Gasteiger partial charge >= 0.3 is 5.97 Å². The number of carbonyl (C=O) groups is 1. The summed E-state index contributed by atoms with van der Waals surface area (Å²) in [4.78, 5) is 19.7. The highest BCUT2D eigenvalue weighted by Crippen LogP contribution is 2.33. The number of aliphatic carboxylic acids is 1. The standard InChI is InChI=1S/C13H18N2O2/c1-8(2)13-14-7-10-9(6-12(16)17)4-3-5-11(10)15-13/h7-9H,3-6H2,1-2H3,(H,16,17). The van der Waals surface area contributed by atoms with Crippen LogP contribution >= 0.6 is 0 Å². The number of hydrogen-bond acceptors (Lipinski definition) is 3. The van der Waals surface area contributed by atoms with Gasteiger partial charge in [-0.1, -0.05) is 13.8 Å². The Bertz CT molecular complexity index is 429. The molecule has 92 valence electrons. The average molecular weight is 234 g/mol. The highest BCUT2D eigenvalue weighted by atomic mass is 16.4. The third-order valence-corrected chi connectivity index (χ3v) is 3.26. The molecule has 17 heavy (non-hydrogen) atoms. The van der Waals surface area contributed by atoms with Crippen molar-refractivity contribution < 1.29 is 9.90 Å². The van der Waals surface area contributed by atoms with E-state index < -0.39 is 5.97 Å². The minimum absolute atomic E-state index is 0.0949. The van der Waals surface area contributed by atoms with Crippen LogP contribution in [0.4, 0.5) is 0 Å². The van der Waals surface area contributed by atoms with Crippen molar-refractivity contribution in [2.45, 2.75) is 51.4 Å². The fraction of sp³-hybridized carbons (Fsp3) is 0.615. The monoisotopic (exact) mass is 234 g/mol. The van der Waals surface area contributed by atoms with E-state index in [0.717, 1.165) is 36.3 Å². The van der Waals surface area contributed by atoms with Gasteiger partial charge in [-0.05, 0) is 30.7 Å². The van der Waals surface area contributed by atoms with Crippen molar-refractivity contribution in [1.29, 1.82) is 0 Å². The average Bonchev–Trinajstić information content (AvgIpc) is 2.28. The molecule has 1 unspecified atom stereocenters. The first-order valence-corrected chi connectivity index (χ1v) is 6.15. The summed E-state index contributed by atoms with van der Waals surface area (Å²) in [5, 5.41) is 8.89. The van der Waals surface area contributed by atoms with Gasteiger partial charge in [0.25, 0.3) is 0 Å². The van der Waals surface area contributed by atoms with E-state index >= 15 is 0 Å². The van der Waals surface area contributed by atoms with Crippen LogP contribution in [0.15, 0.2) is 6.20 Å². The molecule has 1 heterocycles. The van der Waals surface area contributed by atoms with Crippen molar-refractivity contribution in [2.75, 3.05) is 0 Å². The summed E-state index contributed by atoms with van der Waals surface area (Å²) in [5.41, 5.74) is 2.10. The fourth-order valence-electron chi connectivity index (χ4n) is 2.36. The summed E-state index contributed by atoms with van der Waals surface area (Å²) < 4.78 is 0. The van der Waals surface area contributed by atoms with E-state index in [0.29, 0.717) is 5.92 Å². The van der Waals surface area contributed by atoms with Crippen LogP contribution in [0, 0.1) is 0 Å². The number of aryl methyl sites for hydroxylation is 1. The highest BCUT2D eigenvalue weighted by molar-refractivity contribution is 5.68. The number of hydrogen-bond donors (Lipinski definition) is 1. The van der Waals surface area contributed by atoms with Crippen LogP contribution in [0.3, 0.4) is 0 Å². The molecule has 0 amide bonds. The molecule has 1 aliphatic carbocycles. The number of nitrogens with zero attached hydrogens (tertiary/aromatic N) is 2. The van der Waals surface area contributed by atoms with E-state index in [9.17, 15) is 4.79 Å². The number of carboxylic acids is 1. The van der Waals surface area contributed by atoms with Gasteiger partial charge in [0.05, 0.1) is 6.42 Å². The number of fused-ring (bicyclic) bond motifs is 1. The molecule has 1 aromatic heterocycles. The Morgan fingerprint density at radius 2 is 2.35 bits per heavy atom. The first-order valence-electron chi connectivity index (χ1n) is 6.15. The van der Waals surface area contributed by atoms with E-state index in [1.807, 2.05) is 6.20 Å². The van der Waals surface area contributed by atoms with Crippen molar-refractivity contribution in [3.05, 3.63) is 23.3 Å². The van der Waals surface area contributed by atoms with Crippen LogP contribution in [0.2, 0.25) is 0 Å². The Morgan fingerprint density at radius 3 is 3.00 bits per heavy atom. The van der Waals surface area contributed by atoms with Gasteiger partial charge in [-0.2, -0.15) is 0 Å². The van der Waals surface area contributed by atoms with E-state index in [1.54, 1.807) is 0 Å². The van der Waals surface area contributed by atoms with Crippen LogP contribution in [0.5, 0.6) is 0 Å². The zero-order chi connectivity index (χ0) is 12.4. The summed E-state index contributed by atoms with van der Waals surface area (Å²) in [6.45, 7) is 4.14. The molecule has 0 bridgehead atoms. The SMILES string of the molecule is CC(C)c1ncc2c(n1)CCCC2CC(=O)O. The van der Waals surface area contributed by atoms with E-state index in [-0.39, 0.29) is 12.3 Å². The topological polar surface area (TPSA) is 63.1 Å². The first kappa shape index (κ1) is 12.0. The molecule has 1 aromatic rings. The van der Waals surface area contributed by atoms with Crippen molar-refractivity contribution >= 4 is 5.97 Å². The minimum atomic E-state index is -0.740. The molecular formula is C13H18N2O2. The molecule has 0 fully saturated rings. The lowest BCUT2D eigenvalue weighted by Gasteiger charge is -2.23. The molecule has 1 aliphatic rings. The molecule has 0 aromatic carbocycles. The largest absolute Gasteiger partial charge is 0.481 e. The van der Waals surface area contributed by atoms with Crippen molar-refractivity contribution in [2.24, 2.45) is 0 Å². The van der Waals surface area contributed by atoms with Gasteiger partial charge in [-0.3, -0.25) is 4.79 Å². The van der Waals surface area contributed by atoms with Crippen LogP contribution in [-0.2, 0) is 11.2 Å². The second-order valence-corrected chi connectivity index (χ2v) is 4.97. The molecule has 4 nitrogen and oxygen atoms in total. The molecule has 0 spiro atoms. The summed E-state index contributed by atoms with van der Waals surface area (Å²) >= 11 is 0. The van der Waals surface area contributed by atoms with Crippen LogP contribution in [0.1, 0.15) is 62.0 Å². The summed E-state index contributed by atoms with van der Waals surface area (Å²) in [6, 6.07) is 0. The molecule has 2 rings (SSSR count). The van der Waals surface area contributed by atoms with E-state index in [1.165, 1.54) is 0 Å². The second kappa shape index (κ2) is 4.82. The second-order valence-electron chi connectivity index (χ2n) is 4.97. The van der Waals surface area contributed by atoms with Crippen molar-refractivity contribution in [1.82, 2.24) is 9.97 Å². The van der Waals surface area contributed by atoms with Gasteiger partial charge in [0.15, 0.2) is 0 Å². The first-order chi connectivity index (χ1) is 8.08. The number of aromatic nitrogens is 2. The van der Waals surface area contributed by atoms with E-state index in [2.05, 4.69) is 23.8 Å². The predicted molar refractivity (Wildman–Crippen MR) is 64.1 cm³/mol. The fourth-order valence-corrected chi connectivity index (χ4v) is 2.36. The smallest absolute Gasteiger partial charge is 0.303 e. The lowest BCUT2D eigenvalue weighted by atomic mass is 9.84. The quantitative estimate of drug-likeness (QED) is 0.872. The molecule has 0 saturated heterocycles. The molecule has 0 radical (unpaired) electrons. The zero-order valence-electron chi connectivity index (χ0n) is 10.3. The maximum Gasteiger partial charge on any atom is 0.303 e. The van der Waals surface area contributed by atoms with Crippen LogP contribution in [-0.4, -0.2) is 21.0 Å². The summed E-state index contributed by atoms with van der Waals surface area (Å²) in [6.07, 6.45) is 4.94. The normalized spacial score (nSPS) is 19.1. The lowest BCUT2D eigenvalue weighted by molar-refractivity contribution is -0.137. The molecule has 4 heteroatoms. The molecular weight excluding hydrogens is 216 g/mol. The third kappa shape index (κ3) is 2.62. The van der Waals surface area contributed by atoms with E-state index in [4.69, 9.17) is 5.11 Å². The van der Waals surface area contributed by atoms with Crippen molar-refractivity contribution in [3.63, 3.8) is 0 Å². The third-order valence-electron chi connectivity index (χ3n) is 3.26. The Kier molecular flexibility index (Phi) is 3.41. The predicted octanol–water partition coefficient (Wildman–Crippen LogP) is 2.49. The van der Waals surface area contributed by atoms with Crippen LogP contribution < -0.4 is 0 Å². The number of carboxylic acid groups (broad SMARTS) is 1. The Labute approximate surface area is 101 Å². The Hall–Kier alpha value is -1.45. The molecule has 1 atom stereocenters. The number of rotatable bonds is 3. The maximum atomic E-state index is 10.8. The highest BCUT2D eigenvalue weighted by Gasteiger charge is 2.24. The lowest BCUT2D eigenvalue weighted by Crippen LogP contribution is -2.16. The van der Waals surface area contributed by atoms with Gasteiger partial charge in [0, 0.05) is 17.8 Å². The Balaban J connectivity index is 2.30. The van der Waals surface area contributed by atoms with Crippen molar-refractivity contribution in [3.8, 4) is 0 Å². The van der Waals surface area contributed by atoms with Gasteiger partial charge < -0.3 is 5.11 Å². The summed E-state index contributed by atoms with van der Waals surface area (Å²) in [5.74, 6) is 0.535. The van der Waals surface area contributed by atoms with Crippen LogP contribution in [0.25, 0.3) is 0 Å². The Morgan fingerprint density at radius 1 is 1.59 bits per heavy atom. The van der Waals surface area contributed by atoms with Gasteiger partial charge in [0.1, 0.15) is 5.82 Å². The molecule has 0 aliphatic heterocycles. The van der Waals surface area contributed by atoms with Gasteiger partial charge in [0.2, 0.25) is 0 Å². The maximum absolute atomic E-state index is 10.8. The molecule has 1 N–H and O–H groups in total. The minimum Gasteiger partial charge on any atom is -0.481 e.